The van der Waals surface area contributed by atoms with Crippen LogP contribution in [0.1, 0.15) is 12.0 Å². The van der Waals surface area contributed by atoms with E-state index in [9.17, 15) is 22.8 Å². The number of nitrogens with two attached hydrogens (primary N) is 1. The normalized spacial score (nSPS) is 12.1. The van der Waals surface area contributed by atoms with Crippen molar-refractivity contribution in [3.63, 3.8) is 0 Å². The molecule has 0 heterocycles. The smallest absolute Gasteiger partial charge is 0.380 e. The van der Waals surface area contributed by atoms with Crippen LogP contribution in [-0.2, 0) is 20.9 Å². The number of nitrogens with zero attached hydrogens (tertiary/aromatic N) is 1. The molecule has 0 aliphatic heterocycles. The van der Waals surface area contributed by atoms with E-state index in [1.165, 1.54) is 13.2 Å². The van der Waals surface area contributed by atoms with Crippen molar-refractivity contribution < 1.29 is 27.5 Å². The lowest BCUT2D eigenvalue weighted by Gasteiger charge is -2.19. The van der Waals surface area contributed by atoms with Gasteiger partial charge in [-0.1, -0.05) is 12.1 Å². The molecule has 0 spiro atoms. The van der Waals surface area contributed by atoms with Gasteiger partial charge in [0.15, 0.2) is 0 Å². The number of rotatable bonds is 7. The molecule has 3 N–H and O–H groups in total. The Morgan fingerprint density at radius 3 is 2.52 bits per heavy atom. The maximum Gasteiger partial charge on any atom is 0.471 e. The number of hydrogen-bond acceptors (Lipinski definition) is 4. The molecule has 1 aromatic carbocycles. The van der Waals surface area contributed by atoms with Gasteiger partial charge < -0.3 is 20.7 Å². The van der Waals surface area contributed by atoms with E-state index in [0.717, 1.165) is 7.05 Å². The summed E-state index contributed by atoms with van der Waals surface area (Å²) < 4.78 is 42.1. The predicted molar refractivity (Wildman–Crippen MR) is 89.3 cm³/mol. The molecule has 0 fully saturated rings. The maximum absolute atomic E-state index is 12.4. The molecule has 1 atom stereocenters. The van der Waals surface area contributed by atoms with Gasteiger partial charge >= 0.3 is 12.1 Å². The van der Waals surface area contributed by atoms with Crippen LogP contribution in [0.5, 0.6) is 0 Å². The average Bonchev–Trinajstić information content (AvgIpc) is 2.51. The zero-order valence-corrected chi connectivity index (χ0v) is 14.6. The number of anilines is 1. The second-order valence-electron chi connectivity index (χ2n) is 5.21. The van der Waals surface area contributed by atoms with Crippen LogP contribution in [0.25, 0.3) is 0 Å². The van der Waals surface area contributed by atoms with Crippen LogP contribution in [0.15, 0.2) is 24.3 Å². The van der Waals surface area contributed by atoms with E-state index < -0.39 is 18.2 Å². The molecular weight excluding hydrogens is 363 g/mol. The number of ether oxygens (including phenoxy) is 1. The van der Waals surface area contributed by atoms with Gasteiger partial charge in [-0.3, -0.25) is 9.59 Å². The lowest BCUT2D eigenvalue weighted by molar-refractivity contribution is -0.184. The molecule has 0 aromatic heterocycles. The molecule has 6 nitrogen and oxygen atoms in total. The molecule has 10 heteroatoms. The zero-order chi connectivity index (χ0) is 18.3. The molecule has 0 saturated heterocycles. The minimum absolute atomic E-state index is 0. The quantitative estimate of drug-likeness (QED) is 0.753. The summed E-state index contributed by atoms with van der Waals surface area (Å²) in [5.74, 6) is -2.26. The van der Waals surface area contributed by atoms with Gasteiger partial charge in [-0.25, -0.2) is 0 Å². The molecule has 1 aromatic rings. The first-order valence-corrected chi connectivity index (χ1v) is 7.11. The van der Waals surface area contributed by atoms with Gasteiger partial charge in [0.25, 0.3) is 0 Å². The van der Waals surface area contributed by atoms with Crippen LogP contribution in [0.2, 0.25) is 0 Å². The van der Waals surface area contributed by atoms with Crippen LogP contribution in [0, 0.1) is 0 Å². The third-order valence-electron chi connectivity index (χ3n) is 3.23. The molecule has 1 unspecified atom stereocenters. The number of benzene rings is 1. The second kappa shape index (κ2) is 10.2. The lowest BCUT2D eigenvalue weighted by atomic mass is 10.1. The van der Waals surface area contributed by atoms with Crippen molar-refractivity contribution in [3.8, 4) is 0 Å². The largest absolute Gasteiger partial charge is 0.471 e. The molecule has 25 heavy (non-hydrogen) atoms. The van der Waals surface area contributed by atoms with E-state index in [4.69, 9.17) is 10.5 Å². The van der Waals surface area contributed by atoms with Crippen molar-refractivity contribution in [2.45, 2.75) is 25.2 Å². The molecule has 0 aliphatic rings. The van der Waals surface area contributed by atoms with Gasteiger partial charge in [-0.15, -0.1) is 12.4 Å². The van der Waals surface area contributed by atoms with Crippen molar-refractivity contribution in [1.82, 2.24) is 4.90 Å². The first-order valence-electron chi connectivity index (χ1n) is 7.11. The molecular formula is C15H21ClF3N3O3. The molecule has 142 valence electrons. The van der Waals surface area contributed by atoms with Crippen molar-refractivity contribution in [2.75, 3.05) is 26.0 Å². The second-order valence-corrected chi connectivity index (χ2v) is 5.21. The summed E-state index contributed by atoms with van der Waals surface area (Å²) in [5, 5.41) is 2.61. The summed E-state index contributed by atoms with van der Waals surface area (Å²) in [6.07, 6.45) is -5.27. The minimum Gasteiger partial charge on any atom is -0.380 e. The van der Waals surface area contributed by atoms with Gasteiger partial charge in [-0.05, 0) is 17.7 Å². The summed E-state index contributed by atoms with van der Waals surface area (Å²) in [4.78, 5) is 23.5. The number of methoxy groups -OCH3 is 1. The third kappa shape index (κ3) is 7.72. The van der Waals surface area contributed by atoms with Gasteiger partial charge in [0.05, 0.1) is 12.5 Å². The van der Waals surface area contributed by atoms with Crippen molar-refractivity contribution in [3.05, 3.63) is 29.8 Å². The number of carbonyl (C=O) groups is 2. The predicted octanol–water partition coefficient (Wildman–Crippen LogP) is 1.93. The Bertz CT molecular complexity index is 581. The van der Waals surface area contributed by atoms with Gasteiger partial charge in [-0.2, -0.15) is 13.2 Å². The van der Waals surface area contributed by atoms with Crippen LogP contribution >= 0.6 is 12.4 Å². The molecule has 0 bridgehead atoms. The minimum atomic E-state index is -4.92. The number of halogens is 4. The van der Waals surface area contributed by atoms with Gasteiger partial charge in [0.2, 0.25) is 5.91 Å². The fraction of sp³-hybridized carbons (Fsp3) is 0.467. The van der Waals surface area contributed by atoms with E-state index in [2.05, 4.69) is 5.32 Å². The monoisotopic (exact) mass is 383 g/mol. The summed E-state index contributed by atoms with van der Waals surface area (Å²) >= 11 is 0. The topological polar surface area (TPSA) is 84.7 Å². The Morgan fingerprint density at radius 1 is 1.36 bits per heavy atom. The Labute approximate surface area is 149 Å². The van der Waals surface area contributed by atoms with Gasteiger partial charge in [0.1, 0.15) is 0 Å². The Morgan fingerprint density at radius 2 is 2.00 bits per heavy atom. The van der Waals surface area contributed by atoms with E-state index in [0.29, 0.717) is 16.2 Å². The highest BCUT2D eigenvalue weighted by Crippen LogP contribution is 2.20. The molecule has 0 radical (unpaired) electrons. The number of amides is 2. The number of nitrogens with one attached hydrogen (secondary N) is 1. The lowest BCUT2D eigenvalue weighted by Crippen LogP contribution is -2.37. The van der Waals surface area contributed by atoms with E-state index in [-0.39, 0.29) is 37.8 Å². The van der Waals surface area contributed by atoms with Crippen molar-refractivity contribution >= 4 is 29.9 Å². The Hall–Kier alpha value is -1.84. The van der Waals surface area contributed by atoms with Crippen molar-refractivity contribution in [1.29, 1.82) is 0 Å². The van der Waals surface area contributed by atoms with E-state index in [1.54, 1.807) is 18.2 Å². The highest BCUT2D eigenvalue weighted by molar-refractivity contribution is 5.91. The highest BCUT2D eigenvalue weighted by atomic mass is 35.5. The summed E-state index contributed by atoms with van der Waals surface area (Å²) in [6.45, 7) is -0.0418. The number of carbonyl (C=O) groups excluding carboxylic acids is 2. The molecule has 2 amide bonds. The number of hydrogen-bond donors (Lipinski definition) is 2. The SMILES string of the molecule is COC(CN)CC(=O)Nc1cccc(CN(C)C(=O)C(F)(F)F)c1.Cl. The van der Waals surface area contributed by atoms with Crippen LogP contribution in [0.3, 0.4) is 0 Å². The van der Waals surface area contributed by atoms with E-state index >= 15 is 0 Å². The van der Waals surface area contributed by atoms with Crippen molar-refractivity contribution in [2.24, 2.45) is 5.73 Å². The van der Waals surface area contributed by atoms with Crippen LogP contribution in [0.4, 0.5) is 18.9 Å². The maximum atomic E-state index is 12.4. The highest BCUT2D eigenvalue weighted by Gasteiger charge is 2.41. The molecule has 0 saturated carbocycles. The van der Waals surface area contributed by atoms with E-state index in [1.807, 2.05) is 0 Å². The first kappa shape index (κ1) is 23.2. The number of alkyl halides is 3. The molecule has 1 rings (SSSR count). The fourth-order valence-corrected chi connectivity index (χ4v) is 1.99. The summed E-state index contributed by atoms with van der Waals surface area (Å²) in [5.41, 5.74) is 6.30. The van der Waals surface area contributed by atoms with Gasteiger partial charge in [0, 0.05) is 32.9 Å². The summed E-state index contributed by atoms with van der Waals surface area (Å²) in [7, 11) is 2.50. The Balaban J connectivity index is 0.00000576. The first-order chi connectivity index (χ1) is 11.2. The Kier molecular flexibility index (Phi) is 9.47. The fourth-order valence-electron chi connectivity index (χ4n) is 1.99. The molecule has 0 aliphatic carbocycles. The third-order valence-corrected chi connectivity index (χ3v) is 3.23. The van der Waals surface area contributed by atoms with Crippen LogP contribution < -0.4 is 11.1 Å². The zero-order valence-electron chi connectivity index (χ0n) is 13.8. The standard InChI is InChI=1S/C15H20F3N3O3.ClH/c1-21(14(23)15(16,17)18)9-10-4-3-5-11(6-10)20-13(22)7-12(8-19)24-2;/h3-6,12H,7-9,19H2,1-2H3,(H,20,22);1H. The average molecular weight is 384 g/mol. The summed E-state index contributed by atoms with van der Waals surface area (Å²) in [6, 6.07) is 6.24. The van der Waals surface area contributed by atoms with Crippen LogP contribution in [-0.4, -0.2) is 49.7 Å².